The summed E-state index contributed by atoms with van der Waals surface area (Å²) < 4.78 is 11.3. The van der Waals surface area contributed by atoms with Gasteiger partial charge in [-0.15, -0.1) is 0 Å². The van der Waals surface area contributed by atoms with E-state index in [-0.39, 0.29) is 18.7 Å². The second-order valence-electron chi connectivity index (χ2n) is 3.38. The maximum Gasteiger partial charge on any atom is 0.307 e. The van der Waals surface area contributed by atoms with Gasteiger partial charge in [0, 0.05) is 18.2 Å². The molecule has 0 radical (unpaired) electrons. The Morgan fingerprint density at radius 2 is 2.08 bits per heavy atom. The summed E-state index contributed by atoms with van der Waals surface area (Å²) >= 11 is 0. The zero-order chi connectivity index (χ0) is 10.1. The molecule has 1 fully saturated rings. The van der Waals surface area contributed by atoms with Crippen LogP contribution in [0.3, 0.4) is 0 Å². The van der Waals surface area contributed by atoms with E-state index in [1.165, 1.54) is 0 Å². The molecule has 0 amide bonds. The Morgan fingerprint density at radius 1 is 1.46 bits per heavy atom. The topological polar surface area (TPSA) is 91.7 Å². The van der Waals surface area contributed by atoms with E-state index in [9.17, 15) is 19.0 Å². The number of aliphatic carboxylic acids is 1. The van der Waals surface area contributed by atoms with Crippen molar-refractivity contribution >= 4 is 19.6 Å². The van der Waals surface area contributed by atoms with Crippen LogP contribution in [0.4, 0.5) is 0 Å². The van der Waals surface area contributed by atoms with E-state index >= 15 is 0 Å². The minimum atomic E-state index is -3.38. The molecule has 0 aromatic carbocycles. The highest BCUT2D eigenvalue weighted by molar-refractivity contribution is 7.58. The van der Waals surface area contributed by atoms with Gasteiger partial charge in [0.2, 0.25) is 7.37 Å². The van der Waals surface area contributed by atoms with Crippen LogP contribution < -0.4 is 0 Å². The van der Waals surface area contributed by atoms with Crippen LogP contribution in [-0.4, -0.2) is 34.6 Å². The molecule has 0 saturated carbocycles. The third kappa shape index (κ3) is 2.64. The number of carbonyl (C=O) groups is 2. The molecule has 1 aliphatic heterocycles. The van der Waals surface area contributed by atoms with Crippen LogP contribution in [0.1, 0.15) is 6.42 Å². The second kappa shape index (κ2) is 3.60. The van der Waals surface area contributed by atoms with Gasteiger partial charge in [0.25, 0.3) is 0 Å². The van der Waals surface area contributed by atoms with Crippen LogP contribution in [0.2, 0.25) is 0 Å². The number of rotatable bonds is 2. The molecule has 2 N–H and O–H groups in total. The van der Waals surface area contributed by atoms with Crippen molar-refractivity contribution in [1.82, 2.24) is 0 Å². The molecule has 3 unspecified atom stereocenters. The van der Waals surface area contributed by atoms with Gasteiger partial charge in [-0.1, -0.05) is 0 Å². The van der Waals surface area contributed by atoms with Gasteiger partial charge < -0.3 is 14.8 Å². The molecule has 0 bridgehead atoms. The quantitative estimate of drug-likeness (QED) is 0.496. The van der Waals surface area contributed by atoms with E-state index in [1.54, 1.807) is 0 Å². The molecular formula is C7H11O5P. The zero-order valence-corrected chi connectivity index (χ0v) is 7.81. The number of carboxylic acid groups (broad SMARTS) is 1. The molecule has 1 aliphatic rings. The van der Waals surface area contributed by atoms with Crippen molar-refractivity contribution < 1.29 is 24.2 Å². The molecule has 6 heteroatoms. The molecule has 74 valence electrons. The van der Waals surface area contributed by atoms with Crippen LogP contribution in [0.5, 0.6) is 0 Å². The first-order valence-corrected chi connectivity index (χ1v) is 5.96. The molecule has 0 aromatic heterocycles. The maximum atomic E-state index is 11.3. The third-order valence-corrected chi connectivity index (χ3v) is 4.21. The fourth-order valence-corrected chi connectivity index (χ4v) is 3.69. The molecule has 13 heavy (non-hydrogen) atoms. The average molecular weight is 206 g/mol. The Balaban J connectivity index is 2.77. The lowest BCUT2D eigenvalue weighted by Gasteiger charge is -2.26. The number of carboxylic acids is 1. The van der Waals surface area contributed by atoms with Gasteiger partial charge in [-0.25, -0.2) is 0 Å². The lowest BCUT2D eigenvalue weighted by molar-refractivity contribution is -0.141. The number of hydrogen-bond acceptors (Lipinski definition) is 3. The summed E-state index contributed by atoms with van der Waals surface area (Å²) in [5.74, 6) is -2.52. The van der Waals surface area contributed by atoms with Gasteiger partial charge in [0.1, 0.15) is 6.29 Å². The number of carbonyl (C=O) groups excluding carboxylic acids is 1. The monoisotopic (exact) mass is 206 g/mol. The smallest absolute Gasteiger partial charge is 0.307 e. The highest BCUT2D eigenvalue weighted by atomic mass is 31.2. The first-order valence-electron chi connectivity index (χ1n) is 3.93. The predicted octanol–water partition coefficient (Wildman–Crippen LogP) is 0.176. The van der Waals surface area contributed by atoms with Gasteiger partial charge in [0.05, 0.1) is 5.92 Å². The van der Waals surface area contributed by atoms with Gasteiger partial charge in [-0.3, -0.25) is 9.36 Å². The summed E-state index contributed by atoms with van der Waals surface area (Å²) in [5, 5.41) is 8.64. The van der Waals surface area contributed by atoms with E-state index in [0.29, 0.717) is 6.29 Å². The predicted molar refractivity (Wildman–Crippen MR) is 44.9 cm³/mol. The summed E-state index contributed by atoms with van der Waals surface area (Å²) in [7, 11) is -3.38. The average Bonchev–Trinajstić information content (AvgIpc) is 2.01. The van der Waals surface area contributed by atoms with Crippen LogP contribution in [-0.2, 0) is 14.2 Å². The van der Waals surface area contributed by atoms with Crippen LogP contribution in [0.25, 0.3) is 0 Å². The van der Waals surface area contributed by atoms with E-state index in [2.05, 4.69) is 0 Å². The third-order valence-electron chi connectivity index (χ3n) is 2.15. The first kappa shape index (κ1) is 10.4. The first-order chi connectivity index (χ1) is 5.94. The van der Waals surface area contributed by atoms with Crippen molar-refractivity contribution in [3.05, 3.63) is 0 Å². The Labute approximate surface area is 75.2 Å². The van der Waals surface area contributed by atoms with Crippen LogP contribution >= 0.6 is 7.37 Å². The van der Waals surface area contributed by atoms with Crippen molar-refractivity contribution in [2.45, 2.75) is 6.42 Å². The van der Waals surface area contributed by atoms with Crippen LogP contribution in [0, 0.1) is 11.8 Å². The summed E-state index contributed by atoms with van der Waals surface area (Å²) in [5.41, 5.74) is 0. The number of hydrogen-bond donors (Lipinski definition) is 2. The molecule has 5 nitrogen and oxygen atoms in total. The second-order valence-corrected chi connectivity index (χ2v) is 5.80. The van der Waals surface area contributed by atoms with E-state index in [1.807, 2.05) is 0 Å². The van der Waals surface area contributed by atoms with E-state index in [4.69, 9.17) is 5.11 Å². The number of aldehydes is 1. The Kier molecular flexibility index (Phi) is 2.88. The normalized spacial score (nSPS) is 39.8. The minimum absolute atomic E-state index is 0.0692. The lowest BCUT2D eigenvalue weighted by atomic mass is 9.98. The maximum absolute atomic E-state index is 11.3. The standard InChI is InChI=1S/C7H11O5P/c8-2-5-1-6(7(9)10)4-13(11,12)3-5/h2,5-6H,1,3-4H2,(H,9,10)(H,11,12). The minimum Gasteiger partial charge on any atom is -0.481 e. The molecule has 0 spiro atoms. The zero-order valence-electron chi connectivity index (χ0n) is 6.92. The summed E-state index contributed by atoms with van der Waals surface area (Å²) in [6.07, 6.45) is 0.480. The van der Waals surface area contributed by atoms with Crippen molar-refractivity contribution in [2.75, 3.05) is 12.3 Å². The van der Waals surface area contributed by atoms with E-state index in [0.717, 1.165) is 0 Å². The Morgan fingerprint density at radius 3 is 2.54 bits per heavy atom. The van der Waals surface area contributed by atoms with Gasteiger partial charge in [0.15, 0.2) is 0 Å². The van der Waals surface area contributed by atoms with Crippen molar-refractivity contribution in [2.24, 2.45) is 11.8 Å². The molecule has 1 heterocycles. The fourth-order valence-electron chi connectivity index (χ4n) is 1.58. The molecule has 0 aromatic rings. The molecule has 1 rings (SSSR count). The lowest BCUT2D eigenvalue weighted by Crippen LogP contribution is -2.29. The highest BCUT2D eigenvalue weighted by Crippen LogP contribution is 2.49. The van der Waals surface area contributed by atoms with E-state index < -0.39 is 25.2 Å². The fraction of sp³-hybridized carbons (Fsp3) is 0.714. The largest absolute Gasteiger partial charge is 0.481 e. The summed E-state index contributed by atoms with van der Waals surface area (Å²) in [6.45, 7) is 0. The van der Waals surface area contributed by atoms with Crippen molar-refractivity contribution in [3.8, 4) is 0 Å². The van der Waals surface area contributed by atoms with Crippen LogP contribution in [0.15, 0.2) is 0 Å². The Hall–Kier alpha value is -0.670. The molecular weight excluding hydrogens is 195 g/mol. The summed E-state index contributed by atoms with van der Waals surface area (Å²) in [6, 6.07) is 0. The van der Waals surface area contributed by atoms with Gasteiger partial charge in [-0.05, 0) is 6.42 Å². The molecule has 0 aliphatic carbocycles. The van der Waals surface area contributed by atoms with Crippen molar-refractivity contribution in [3.63, 3.8) is 0 Å². The van der Waals surface area contributed by atoms with Crippen molar-refractivity contribution in [1.29, 1.82) is 0 Å². The molecule has 1 saturated heterocycles. The SMILES string of the molecule is O=CC1CC(C(=O)O)CP(=O)(O)C1. The van der Waals surface area contributed by atoms with Gasteiger partial charge in [-0.2, -0.15) is 0 Å². The highest BCUT2D eigenvalue weighted by Gasteiger charge is 2.38. The Bertz CT molecular complexity index is 274. The summed E-state index contributed by atoms with van der Waals surface area (Å²) in [4.78, 5) is 30.2. The van der Waals surface area contributed by atoms with Gasteiger partial charge >= 0.3 is 5.97 Å². The molecule has 3 atom stereocenters.